The Labute approximate surface area is 75.1 Å². The van der Waals surface area contributed by atoms with Crippen molar-refractivity contribution in [2.45, 2.75) is 19.4 Å². The van der Waals surface area contributed by atoms with E-state index in [2.05, 4.69) is 5.32 Å². The van der Waals surface area contributed by atoms with Gasteiger partial charge in [-0.3, -0.25) is 0 Å². The Kier molecular flexibility index (Phi) is 5.74. The zero-order chi connectivity index (χ0) is 9.61. The second-order valence-corrected chi connectivity index (χ2v) is 4.05. The first-order valence-electron chi connectivity index (χ1n) is 3.83. The molecule has 0 radical (unpaired) electrons. The summed E-state index contributed by atoms with van der Waals surface area (Å²) < 4.78 is 34.7. The lowest BCUT2D eigenvalue weighted by Crippen LogP contribution is -2.23. The average molecular weight is 201 g/mol. The van der Waals surface area contributed by atoms with Crippen LogP contribution in [0.3, 0.4) is 0 Å². The number of rotatable bonds is 5. The van der Waals surface area contributed by atoms with E-state index in [0.29, 0.717) is 12.5 Å². The summed E-state index contributed by atoms with van der Waals surface area (Å²) in [6.45, 7) is 5.23. The van der Waals surface area contributed by atoms with Crippen molar-refractivity contribution < 1.29 is 13.2 Å². The van der Waals surface area contributed by atoms with Crippen LogP contribution in [0.2, 0.25) is 0 Å². The first-order valence-corrected chi connectivity index (χ1v) is 4.82. The zero-order valence-electron chi connectivity index (χ0n) is 7.24. The second kappa shape index (κ2) is 5.70. The Morgan fingerprint density at radius 3 is 2.33 bits per heavy atom. The summed E-state index contributed by atoms with van der Waals surface area (Å²) in [5.74, 6) is 0.580. The molecular weight excluding hydrogens is 187 g/mol. The first kappa shape index (κ1) is 12.1. The van der Waals surface area contributed by atoms with Crippen molar-refractivity contribution in [2.75, 3.05) is 18.8 Å². The van der Waals surface area contributed by atoms with Crippen molar-refractivity contribution >= 4 is 11.8 Å². The van der Waals surface area contributed by atoms with Gasteiger partial charge in [0.05, 0.1) is 0 Å². The summed E-state index contributed by atoms with van der Waals surface area (Å²) in [5, 5.41) is 2.94. The Hall–Kier alpha value is 0.100. The van der Waals surface area contributed by atoms with E-state index in [-0.39, 0.29) is 17.5 Å². The van der Waals surface area contributed by atoms with E-state index in [4.69, 9.17) is 0 Å². The van der Waals surface area contributed by atoms with Gasteiger partial charge in [0.1, 0.15) is 0 Å². The minimum absolute atomic E-state index is 0.0227. The molecule has 0 atom stereocenters. The fourth-order valence-corrected chi connectivity index (χ4v) is 1.11. The molecule has 0 bridgehead atoms. The highest BCUT2D eigenvalue weighted by molar-refractivity contribution is 8.00. The lowest BCUT2D eigenvalue weighted by atomic mass is 10.2. The summed E-state index contributed by atoms with van der Waals surface area (Å²) in [6, 6.07) is 0. The fraction of sp³-hybridized carbons (Fsp3) is 1.00. The Morgan fingerprint density at radius 2 is 1.92 bits per heavy atom. The van der Waals surface area contributed by atoms with Crippen LogP contribution in [0.4, 0.5) is 13.2 Å². The smallest absolute Gasteiger partial charge is 0.316 e. The van der Waals surface area contributed by atoms with Gasteiger partial charge in [0.2, 0.25) is 0 Å². The monoisotopic (exact) mass is 201 g/mol. The van der Waals surface area contributed by atoms with Crippen molar-refractivity contribution in [3.8, 4) is 0 Å². The predicted octanol–water partition coefficient (Wildman–Crippen LogP) is 2.49. The number of nitrogens with one attached hydrogen (secondary N) is 1. The highest BCUT2D eigenvalue weighted by Gasteiger charge is 2.27. The van der Waals surface area contributed by atoms with Crippen LogP contribution in [0.1, 0.15) is 13.8 Å². The largest absolute Gasteiger partial charge is 0.441 e. The van der Waals surface area contributed by atoms with Gasteiger partial charge in [0, 0.05) is 12.3 Å². The number of hydrogen-bond acceptors (Lipinski definition) is 2. The molecule has 0 aliphatic carbocycles. The fourth-order valence-electron chi connectivity index (χ4n) is 0.630. The Morgan fingerprint density at radius 1 is 1.33 bits per heavy atom. The molecule has 0 saturated heterocycles. The van der Waals surface area contributed by atoms with Gasteiger partial charge in [0.15, 0.2) is 0 Å². The van der Waals surface area contributed by atoms with Crippen LogP contribution in [-0.4, -0.2) is 24.4 Å². The van der Waals surface area contributed by atoms with Gasteiger partial charge in [-0.05, 0) is 24.2 Å². The molecule has 0 aliphatic heterocycles. The quantitative estimate of drug-likeness (QED) is 0.686. The molecule has 0 fully saturated rings. The average Bonchev–Trinajstić information content (AvgIpc) is 1.83. The van der Waals surface area contributed by atoms with E-state index in [9.17, 15) is 13.2 Å². The number of halogens is 3. The molecule has 0 saturated carbocycles. The molecule has 0 rings (SSSR count). The van der Waals surface area contributed by atoms with Crippen molar-refractivity contribution in [1.29, 1.82) is 0 Å². The van der Waals surface area contributed by atoms with E-state index >= 15 is 0 Å². The molecule has 0 unspecified atom stereocenters. The van der Waals surface area contributed by atoms with Crippen molar-refractivity contribution in [2.24, 2.45) is 5.92 Å². The van der Waals surface area contributed by atoms with Gasteiger partial charge in [-0.2, -0.15) is 13.2 Å². The molecule has 0 aromatic carbocycles. The molecule has 0 heterocycles. The van der Waals surface area contributed by atoms with E-state index < -0.39 is 5.51 Å². The van der Waals surface area contributed by atoms with Gasteiger partial charge < -0.3 is 5.32 Å². The molecule has 74 valence electrons. The molecule has 1 nitrogen and oxygen atoms in total. The predicted molar refractivity (Wildman–Crippen MR) is 46.2 cm³/mol. The van der Waals surface area contributed by atoms with Crippen molar-refractivity contribution in [3.05, 3.63) is 0 Å². The van der Waals surface area contributed by atoms with Gasteiger partial charge in [0.25, 0.3) is 0 Å². The summed E-state index contributed by atoms with van der Waals surface area (Å²) in [5.41, 5.74) is -4.08. The number of alkyl halides is 3. The molecule has 0 aromatic heterocycles. The van der Waals surface area contributed by atoms with E-state index in [1.165, 1.54) is 0 Å². The molecule has 12 heavy (non-hydrogen) atoms. The van der Waals surface area contributed by atoms with Gasteiger partial charge >= 0.3 is 5.51 Å². The minimum Gasteiger partial charge on any atom is -0.316 e. The normalized spacial score (nSPS) is 12.5. The Balaban J connectivity index is 3.12. The number of hydrogen-bond donors (Lipinski definition) is 1. The molecule has 0 aromatic rings. The SMILES string of the molecule is CC(C)CNCCSC(F)(F)F. The molecular formula is C7H14F3NS. The number of thioether (sulfide) groups is 1. The summed E-state index contributed by atoms with van der Waals surface area (Å²) in [7, 11) is 0. The molecule has 0 spiro atoms. The highest BCUT2D eigenvalue weighted by Crippen LogP contribution is 2.29. The summed E-state index contributed by atoms with van der Waals surface area (Å²) >= 11 is 0.0227. The third-order valence-corrected chi connectivity index (χ3v) is 1.83. The maximum atomic E-state index is 11.6. The topological polar surface area (TPSA) is 12.0 Å². The highest BCUT2D eigenvalue weighted by atomic mass is 32.2. The molecule has 1 N–H and O–H groups in total. The third-order valence-electron chi connectivity index (χ3n) is 1.10. The molecule has 5 heteroatoms. The third kappa shape index (κ3) is 10.1. The van der Waals surface area contributed by atoms with Crippen LogP contribution in [-0.2, 0) is 0 Å². The maximum absolute atomic E-state index is 11.6. The van der Waals surface area contributed by atoms with Crippen LogP contribution < -0.4 is 5.32 Å². The van der Waals surface area contributed by atoms with Crippen LogP contribution in [0.5, 0.6) is 0 Å². The summed E-state index contributed by atoms with van der Waals surface area (Å²) in [4.78, 5) is 0. The minimum atomic E-state index is -4.08. The van der Waals surface area contributed by atoms with Crippen molar-refractivity contribution in [1.82, 2.24) is 5.32 Å². The van der Waals surface area contributed by atoms with Gasteiger partial charge in [-0.15, -0.1) is 0 Å². The van der Waals surface area contributed by atoms with Crippen LogP contribution >= 0.6 is 11.8 Å². The maximum Gasteiger partial charge on any atom is 0.441 e. The van der Waals surface area contributed by atoms with Gasteiger partial charge in [-0.25, -0.2) is 0 Å². The molecule has 0 amide bonds. The van der Waals surface area contributed by atoms with Crippen LogP contribution in [0.15, 0.2) is 0 Å². The van der Waals surface area contributed by atoms with E-state index in [1.807, 2.05) is 13.8 Å². The second-order valence-electron chi connectivity index (χ2n) is 2.89. The zero-order valence-corrected chi connectivity index (χ0v) is 8.06. The van der Waals surface area contributed by atoms with Crippen molar-refractivity contribution in [3.63, 3.8) is 0 Å². The van der Waals surface area contributed by atoms with Crippen LogP contribution in [0, 0.1) is 5.92 Å². The lowest BCUT2D eigenvalue weighted by molar-refractivity contribution is -0.0327. The van der Waals surface area contributed by atoms with Crippen LogP contribution in [0.25, 0.3) is 0 Å². The standard InChI is InChI=1S/C7H14F3NS/c1-6(2)5-11-3-4-12-7(8,9)10/h6,11H,3-5H2,1-2H3. The Bertz CT molecular complexity index is 114. The van der Waals surface area contributed by atoms with Gasteiger partial charge in [-0.1, -0.05) is 13.8 Å². The van der Waals surface area contributed by atoms with E-state index in [0.717, 1.165) is 6.54 Å². The molecule has 0 aliphatic rings. The first-order chi connectivity index (χ1) is 5.42. The van der Waals surface area contributed by atoms with E-state index in [1.54, 1.807) is 0 Å². The lowest BCUT2D eigenvalue weighted by Gasteiger charge is -2.08. The summed E-state index contributed by atoms with van der Waals surface area (Å²) in [6.07, 6.45) is 0.